The molecule has 0 aromatic heterocycles. The largest absolute Gasteiger partial charge is 0.508 e. The highest BCUT2D eigenvalue weighted by Gasteiger charge is 2.64. The fourth-order valence-corrected chi connectivity index (χ4v) is 6.19. The molecule has 4 atom stereocenters. The van der Waals surface area contributed by atoms with Gasteiger partial charge in [-0.3, -0.25) is 19.3 Å². The van der Waals surface area contributed by atoms with Gasteiger partial charge in [0.25, 0.3) is 5.91 Å². The van der Waals surface area contributed by atoms with E-state index in [2.05, 4.69) is 5.32 Å². The third-order valence-electron chi connectivity index (χ3n) is 7.96. The molecule has 0 aliphatic heterocycles. The van der Waals surface area contributed by atoms with Crippen LogP contribution in [0.15, 0.2) is 23.0 Å². The minimum absolute atomic E-state index is 0.0516. The Labute approximate surface area is 221 Å². The van der Waals surface area contributed by atoms with E-state index < -0.39 is 58.0 Å². The van der Waals surface area contributed by atoms with E-state index in [1.54, 1.807) is 14.1 Å². The number of aromatic hydroxyl groups is 1. The van der Waals surface area contributed by atoms with Gasteiger partial charge >= 0.3 is 0 Å². The number of anilines is 1. The molecular weight excluding hydrogens is 492 g/mol. The number of nitrogens with zero attached hydrogens (tertiary/aromatic N) is 2. The number of phenolic OH excluding ortho intramolecular Hbond substituents is 1. The van der Waals surface area contributed by atoms with Gasteiger partial charge < -0.3 is 36.4 Å². The quantitative estimate of drug-likeness (QED) is 0.286. The summed E-state index contributed by atoms with van der Waals surface area (Å²) in [6.45, 7) is 4.22. The number of phenols is 1. The first kappa shape index (κ1) is 27.6. The molecule has 38 heavy (non-hydrogen) atoms. The van der Waals surface area contributed by atoms with Crippen LogP contribution in [0.2, 0.25) is 0 Å². The molecule has 11 nitrogen and oxygen atoms in total. The van der Waals surface area contributed by atoms with Gasteiger partial charge in [0.05, 0.1) is 11.6 Å². The van der Waals surface area contributed by atoms with Gasteiger partial charge in [-0.2, -0.15) is 0 Å². The Kier molecular flexibility index (Phi) is 6.84. The van der Waals surface area contributed by atoms with Crippen molar-refractivity contribution in [2.24, 2.45) is 17.6 Å². The lowest BCUT2D eigenvalue weighted by molar-refractivity contribution is -0.153. The number of nitrogens with one attached hydrogen (secondary N) is 1. The summed E-state index contributed by atoms with van der Waals surface area (Å²) >= 11 is 0. The molecule has 7 N–H and O–H groups in total. The van der Waals surface area contributed by atoms with Crippen molar-refractivity contribution >= 4 is 28.9 Å². The molecule has 1 aromatic rings. The number of nitrogens with two attached hydrogens (primary N) is 1. The predicted molar refractivity (Wildman–Crippen MR) is 141 cm³/mol. The van der Waals surface area contributed by atoms with E-state index in [-0.39, 0.29) is 35.8 Å². The maximum atomic E-state index is 14.0. The van der Waals surface area contributed by atoms with Crippen LogP contribution in [0.5, 0.6) is 5.75 Å². The van der Waals surface area contributed by atoms with E-state index in [4.69, 9.17) is 5.73 Å². The third-order valence-corrected chi connectivity index (χ3v) is 7.96. The van der Waals surface area contributed by atoms with E-state index in [1.165, 1.54) is 4.90 Å². The Morgan fingerprint density at radius 3 is 2.34 bits per heavy atom. The maximum Gasteiger partial charge on any atom is 0.255 e. The van der Waals surface area contributed by atoms with Crippen molar-refractivity contribution in [3.63, 3.8) is 0 Å². The van der Waals surface area contributed by atoms with Crippen LogP contribution in [-0.2, 0) is 27.3 Å². The number of likely N-dealkylation sites (N-methyl/N-ethyl adjacent to an activating group) is 1. The van der Waals surface area contributed by atoms with Crippen LogP contribution in [-0.4, -0.2) is 88.7 Å². The zero-order chi connectivity index (χ0) is 28.4. The summed E-state index contributed by atoms with van der Waals surface area (Å²) in [7, 11) is 6.82. The van der Waals surface area contributed by atoms with Crippen molar-refractivity contribution in [2.45, 2.75) is 50.9 Å². The number of fused-ring (bicyclic) bond motifs is 3. The fraction of sp³-hybridized carbons (Fsp3) is 0.519. The molecule has 1 aromatic carbocycles. The molecule has 1 unspecified atom stereocenters. The van der Waals surface area contributed by atoms with Crippen molar-refractivity contribution in [3.8, 4) is 5.75 Å². The number of carbonyl (C=O) groups excluding carboxylic acids is 3. The standard InChI is InChI=1S/C27H36N4O7/c1-11(2)29-10-13-9-16(30(3)4)14-7-12-8-15-20(31(5)6)23(34)19(26(28)37)25(36)27(15,38)24(35)17(12)22(33)18(14)21(13)32/h9,11-12,15,20,29,32-33,36,38H,7-8,10H2,1-6H3,(H2,28,37)/t12-,15+,20?,27-/m0/s1. The second-order valence-electron chi connectivity index (χ2n) is 11.1. The number of carbonyl (C=O) groups is 3. The molecule has 1 fully saturated rings. The molecule has 0 heterocycles. The summed E-state index contributed by atoms with van der Waals surface area (Å²) in [5.74, 6) is -6.55. The van der Waals surface area contributed by atoms with E-state index in [0.717, 1.165) is 5.69 Å². The van der Waals surface area contributed by atoms with Crippen LogP contribution in [0.1, 0.15) is 37.0 Å². The van der Waals surface area contributed by atoms with Gasteiger partial charge in [0.15, 0.2) is 11.4 Å². The van der Waals surface area contributed by atoms with Gasteiger partial charge in [-0.1, -0.05) is 13.8 Å². The molecule has 0 bridgehead atoms. The molecule has 0 saturated heterocycles. The molecule has 1 saturated carbocycles. The van der Waals surface area contributed by atoms with Crippen molar-refractivity contribution in [1.82, 2.24) is 10.2 Å². The van der Waals surface area contributed by atoms with Crippen LogP contribution in [0.4, 0.5) is 5.69 Å². The highest BCUT2D eigenvalue weighted by molar-refractivity contribution is 6.24. The van der Waals surface area contributed by atoms with Crippen LogP contribution >= 0.6 is 0 Å². The lowest BCUT2D eigenvalue weighted by Gasteiger charge is -2.50. The number of aliphatic hydroxyl groups is 3. The fourth-order valence-electron chi connectivity index (χ4n) is 6.19. The van der Waals surface area contributed by atoms with Gasteiger partial charge in [0.1, 0.15) is 22.8 Å². The van der Waals surface area contributed by atoms with Gasteiger partial charge in [-0.05, 0) is 44.5 Å². The monoisotopic (exact) mass is 528 g/mol. The highest BCUT2D eigenvalue weighted by atomic mass is 16.3. The number of aliphatic hydroxyl groups excluding tert-OH is 2. The van der Waals surface area contributed by atoms with Crippen LogP contribution in [0, 0.1) is 11.8 Å². The molecule has 206 valence electrons. The molecular formula is C27H36N4O7. The summed E-state index contributed by atoms with van der Waals surface area (Å²) in [4.78, 5) is 42.6. The van der Waals surface area contributed by atoms with Crippen molar-refractivity contribution in [1.29, 1.82) is 0 Å². The zero-order valence-electron chi connectivity index (χ0n) is 22.5. The lowest BCUT2D eigenvalue weighted by Crippen LogP contribution is -2.65. The Morgan fingerprint density at radius 2 is 1.82 bits per heavy atom. The zero-order valence-corrected chi connectivity index (χ0v) is 22.5. The number of hydrogen-bond acceptors (Lipinski definition) is 10. The number of hydrogen-bond donors (Lipinski definition) is 6. The average Bonchev–Trinajstić information content (AvgIpc) is 2.80. The first-order valence-corrected chi connectivity index (χ1v) is 12.6. The minimum Gasteiger partial charge on any atom is -0.508 e. The topological polar surface area (TPSA) is 177 Å². The van der Waals surface area contributed by atoms with Crippen LogP contribution in [0.25, 0.3) is 5.76 Å². The van der Waals surface area contributed by atoms with Gasteiger partial charge in [0.2, 0.25) is 5.78 Å². The van der Waals surface area contributed by atoms with Crippen molar-refractivity contribution in [2.75, 3.05) is 33.1 Å². The normalized spacial score (nSPS) is 27.0. The lowest BCUT2D eigenvalue weighted by atomic mass is 9.57. The Balaban J connectivity index is 1.97. The number of primary amides is 1. The number of Topliss-reactive ketones (excluding diaryl/α,β-unsaturated/α-hetero) is 2. The Bertz CT molecular complexity index is 1300. The third kappa shape index (κ3) is 3.88. The average molecular weight is 529 g/mol. The highest BCUT2D eigenvalue weighted by Crippen LogP contribution is 2.54. The summed E-state index contributed by atoms with van der Waals surface area (Å²) in [6.07, 6.45) is 0.295. The second kappa shape index (κ2) is 9.40. The van der Waals surface area contributed by atoms with Crippen LogP contribution < -0.4 is 16.0 Å². The minimum atomic E-state index is -2.65. The van der Waals surface area contributed by atoms with Gasteiger partial charge in [0, 0.05) is 49.4 Å². The summed E-state index contributed by atoms with van der Waals surface area (Å²) in [6, 6.07) is 0.852. The molecule has 3 aliphatic carbocycles. The summed E-state index contributed by atoms with van der Waals surface area (Å²) < 4.78 is 0. The second-order valence-corrected chi connectivity index (χ2v) is 11.1. The smallest absolute Gasteiger partial charge is 0.255 e. The van der Waals surface area contributed by atoms with Crippen molar-refractivity contribution < 1.29 is 34.8 Å². The summed E-state index contributed by atoms with van der Waals surface area (Å²) in [5, 5.41) is 48.6. The van der Waals surface area contributed by atoms with Gasteiger partial charge in [-0.15, -0.1) is 0 Å². The Hall–Kier alpha value is -3.41. The molecule has 4 rings (SSSR count). The predicted octanol–water partition coefficient (Wildman–Crippen LogP) is 0.528. The van der Waals surface area contributed by atoms with E-state index in [9.17, 15) is 34.8 Å². The SMILES string of the molecule is CC(C)NCc1cc(N(C)C)c2c(c1O)C(O)=C1C(=O)[C@]3(O)C(O)=C(C(N)=O)C(=O)C(N(C)C)[C@H]3C[C@@H]1C2. The first-order valence-electron chi connectivity index (χ1n) is 12.6. The molecule has 0 radical (unpaired) electrons. The van der Waals surface area contributed by atoms with Gasteiger partial charge in [-0.25, -0.2) is 0 Å². The number of ketones is 2. The molecule has 1 amide bonds. The first-order chi connectivity index (χ1) is 17.6. The maximum absolute atomic E-state index is 14.0. The van der Waals surface area contributed by atoms with Crippen molar-refractivity contribution in [3.05, 3.63) is 39.7 Å². The Morgan fingerprint density at radius 1 is 1.18 bits per heavy atom. The molecule has 0 spiro atoms. The number of amides is 1. The molecule has 3 aliphatic rings. The van der Waals surface area contributed by atoms with E-state index in [0.29, 0.717) is 17.7 Å². The number of benzene rings is 1. The van der Waals surface area contributed by atoms with E-state index in [1.807, 2.05) is 38.9 Å². The number of rotatable bonds is 6. The summed E-state index contributed by atoms with van der Waals surface area (Å²) in [5.41, 5.74) is 3.71. The van der Waals surface area contributed by atoms with Crippen LogP contribution in [0.3, 0.4) is 0 Å². The van der Waals surface area contributed by atoms with E-state index >= 15 is 0 Å². The molecule has 11 heteroatoms.